The predicted octanol–water partition coefficient (Wildman–Crippen LogP) is 4.17. The summed E-state index contributed by atoms with van der Waals surface area (Å²) in [5.41, 5.74) is 2.75. The molecule has 0 atom stereocenters. The smallest absolute Gasteiger partial charge is 0.254 e. The molecule has 1 saturated heterocycles. The topological polar surface area (TPSA) is 78.8 Å². The van der Waals surface area contributed by atoms with Gasteiger partial charge in [-0.3, -0.25) is 4.79 Å². The van der Waals surface area contributed by atoms with Crippen LogP contribution < -0.4 is 4.90 Å². The van der Waals surface area contributed by atoms with Crippen LogP contribution in [-0.2, 0) is 11.3 Å². The number of phenols is 1. The Hall–Kier alpha value is -3.49. The van der Waals surface area contributed by atoms with E-state index in [2.05, 4.69) is 22.4 Å². The Morgan fingerprint density at radius 1 is 1.06 bits per heavy atom. The number of aromatic nitrogens is 2. The number of amides is 1. The Labute approximate surface area is 195 Å². The number of carbonyl (C=O) groups is 1. The first-order valence-electron chi connectivity index (χ1n) is 10.8. The molecule has 8 heteroatoms. The van der Waals surface area contributed by atoms with Gasteiger partial charge in [-0.25, -0.2) is 9.97 Å². The highest BCUT2D eigenvalue weighted by Gasteiger charge is 2.26. The van der Waals surface area contributed by atoms with Crippen LogP contribution in [0.2, 0.25) is 0 Å². The standard InChI is InChI=1S/C25H24N4O3S/c1-32-15-21-26-23(22-20(16-33-24(22)27-21)17-6-3-2-4-7-17)28-10-12-29(13-11-28)25(31)18-8-5-9-19(30)14-18/h2-9,14,16,30H,10-13,15H2,1H3. The maximum atomic E-state index is 12.9. The minimum atomic E-state index is -0.0704. The molecule has 2 aromatic heterocycles. The Morgan fingerprint density at radius 3 is 2.58 bits per heavy atom. The number of benzene rings is 2. The third-order valence-corrected chi connectivity index (χ3v) is 6.65. The number of hydrogen-bond acceptors (Lipinski definition) is 7. The number of aromatic hydroxyl groups is 1. The van der Waals surface area contributed by atoms with Gasteiger partial charge in [0.1, 0.15) is 23.0 Å². The number of piperazine rings is 1. The van der Waals surface area contributed by atoms with Gasteiger partial charge < -0.3 is 19.6 Å². The molecule has 1 N–H and O–H groups in total. The second-order valence-corrected chi connectivity index (χ2v) is 8.78. The van der Waals surface area contributed by atoms with E-state index in [1.165, 1.54) is 6.07 Å². The highest BCUT2D eigenvalue weighted by atomic mass is 32.1. The van der Waals surface area contributed by atoms with E-state index in [9.17, 15) is 9.90 Å². The van der Waals surface area contributed by atoms with Crippen molar-refractivity contribution in [3.8, 4) is 16.9 Å². The van der Waals surface area contributed by atoms with Gasteiger partial charge in [0.2, 0.25) is 0 Å². The van der Waals surface area contributed by atoms with E-state index in [4.69, 9.17) is 14.7 Å². The highest BCUT2D eigenvalue weighted by Crippen LogP contribution is 2.38. The summed E-state index contributed by atoms with van der Waals surface area (Å²) in [6, 6.07) is 16.8. The SMILES string of the molecule is COCc1nc(N2CCN(C(=O)c3cccc(O)c3)CC2)c2c(-c3ccccc3)csc2n1. The zero-order valence-corrected chi connectivity index (χ0v) is 19.1. The summed E-state index contributed by atoms with van der Waals surface area (Å²) in [6.45, 7) is 2.81. The summed E-state index contributed by atoms with van der Waals surface area (Å²) in [5.74, 6) is 1.56. The lowest BCUT2D eigenvalue weighted by Gasteiger charge is -2.36. The Balaban J connectivity index is 1.45. The van der Waals surface area contributed by atoms with Gasteiger partial charge in [-0.15, -0.1) is 11.3 Å². The van der Waals surface area contributed by atoms with Gasteiger partial charge in [0.05, 0.1) is 5.39 Å². The summed E-state index contributed by atoms with van der Waals surface area (Å²) >= 11 is 1.61. The Kier molecular flexibility index (Phi) is 5.93. The molecule has 7 nitrogen and oxygen atoms in total. The number of methoxy groups -OCH3 is 1. The molecule has 33 heavy (non-hydrogen) atoms. The van der Waals surface area contributed by atoms with Crippen LogP contribution in [0.4, 0.5) is 5.82 Å². The first-order valence-corrected chi connectivity index (χ1v) is 11.7. The van der Waals surface area contributed by atoms with Crippen LogP contribution in [0.3, 0.4) is 0 Å². The van der Waals surface area contributed by atoms with Crippen LogP contribution >= 0.6 is 11.3 Å². The van der Waals surface area contributed by atoms with Crippen molar-refractivity contribution in [3.05, 3.63) is 71.4 Å². The van der Waals surface area contributed by atoms with Crippen LogP contribution in [0.15, 0.2) is 60.0 Å². The van der Waals surface area contributed by atoms with Crippen molar-refractivity contribution in [1.29, 1.82) is 0 Å². The molecule has 5 rings (SSSR count). The maximum absolute atomic E-state index is 12.9. The van der Waals surface area contributed by atoms with Gasteiger partial charge in [-0.1, -0.05) is 36.4 Å². The van der Waals surface area contributed by atoms with Crippen molar-refractivity contribution < 1.29 is 14.6 Å². The van der Waals surface area contributed by atoms with Crippen LogP contribution in [0, 0.1) is 0 Å². The molecular formula is C25H24N4O3S. The molecule has 0 unspecified atom stereocenters. The number of anilines is 1. The number of ether oxygens (including phenoxy) is 1. The van der Waals surface area contributed by atoms with E-state index >= 15 is 0 Å². The molecule has 0 aliphatic carbocycles. The lowest BCUT2D eigenvalue weighted by molar-refractivity contribution is 0.0746. The van der Waals surface area contributed by atoms with Gasteiger partial charge >= 0.3 is 0 Å². The molecule has 3 heterocycles. The summed E-state index contributed by atoms with van der Waals surface area (Å²) in [4.78, 5) is 27.5. The number of hydrogen-bond donors (Lipinski definition) is 1. The summed E-state index contributed by atoms with van der Waals surface area (Å²) in [5, 5.41) is 12.9. The fourth-order valence-corrected chi connectivity index (χ4v) is 5.12. The van der Waals surface area contributed by atoms with Crippen molar-refractivity contribution in [2.75, 3.05) is 38.2 Å². The van der Waals surface area contributed by atoms with Crippen molar-refractivity contribution in [2.45, 2.75) is 6.61 Å². The van der Waals surface area contributed by atoms with E-state index in [-0.39, 0.29) is 11.7 Å². The van der Waals surface area contributed by atoms with E-state index in [1.54, 1.807) is 36.6 Å². The van der Waals surface area contributed by atoms with Crippen molar-refractivity contribution in [3.63, 3.8) is 0 Å². The molecule has 4 aromatic rings. The Bertz CT molecular complexity index is 1280. The van der Waals surface area contributed by atoms with Gasteiger partial charge in [0.25, 0.3) is 5.91 Å². The molecule has 0 bridgehead atoms. The van der Waals surface area contributed by atoms with Gasteiger partial charge in [-0.05, 0) is 23.8 Å². The van der Waals surface area contributed by atoms with Crippen LogP contribution in [-0.4, -0.2) is 59.2 Å². The largest absolute Gasteiger partial charge is 0.508 e. The van der Waals surface area contributed by atoms with Crippen LogP contribution in [0.1, 0.15) is 16.2 Å². The van der Waals surface area contributed by atoms with Crippen LogP contribution in [0.5, 0.6) is 5.75 Å². The molecule has 0 spiro atoms. The summed E-state index contributed by atoms with van der Waals surface area (Å²) < 4.78 is 5.31. The lowest BCUT2D eigenvalue weighted by Crippen LogP contribution is -2.49. The number of rotatable bonds is 5. The number of nitrogens with zero attached hydrogens (tertiary/aromatic N) is 4. The second kappa shape index (κ2) is 9.17. The van der Waals surface area contributed by atoms with Crippen molar-refractivity contribution in [1.82, 2.24) is 14.9 Å². The first-order chi connectivity index (χ1) is 16.1. The van der Waals surface area contributed by atoms with E-state index in [0.717, 1.165) is 27.2 Å². The lowest BCUT2D eigenvalue weighted by atomic mass is 10.1. The van der Waals surface area contributed by atoms with E-state index < -0.39 is 0 Å². The molecule has 1 fully saturated rings. The van der Waals surface area contributed by atoms with Gasteiger partial charge in [0.15, 0.2) is 5.82 Å². The maximum Gasteiger partial charge on any atom is 0.254 e. The molecule has 168 valence electrons. The number of phenolic OH excluding ortho intramolecular Hbond substituents is 1. The monoisotopic (exact) mass is 460 g/mol. The number of carbonyl (C=O) groups excluding carboxylic acids is 1. The van der Waals surface area contributed by atoms with E-state index in [1.807, 2.05) is 23.1 Å². The quantitative estimate of drug-likeness (QED) is 0.482. The zero-order valence-electron chi connectivity index (χ0n) is 18.3. The van der Waals surface area contributed by atoms with Crippen LogP contribution in [0.25, 0.3) is 21.3 Å². The normalized spacial score (nSPS) is 14.1. The second-order valence-electron chi connectivity index (χ2n) is 7.92. The summed E-state index contributed by atoms with van der Waals surface area (Å²) in [6.07, 6.45) is 0. The van der Waals surface area contributed by atoms with Gasteiger partial charge in [0, 0.05) is 49.8 Å². The molecule has 1 amide bonds. The molecule has 0 saturated carbocycles. The molecule has 0 radical (unpaired) electrons. The van der Waals surface area contributed by atoms with Crippen molar-refractivity contribution in [2.24, 2.45) is 0 Å². The molecule has 1 aliphatic rings. The third kappa shape index (κ3) is 4.27. The van der Waals surface area contributed by atoms with E-state index in [0.29, 0.717) is 44.2 Å². The minimum absolute atomic E-state index is 0.0704. The Morgan fingerprint density at radius 2 is 1.85 bits per heavy atom. The van der Waals surface area contributed by atoms with Crippen molar-refractivity contribution >= 4 is 33.3 Å². The molecule has 2 aromatic carbocycles. The predicted molar refractivity (Wildman–Crippen MR) is 130 cm³/mol. The molecular weight excluding hydrogens is 436 g/mol. The average molecular weight is 461 g/mol. The minimum Gasteiger partial charge on any atom is -0.508 e. The molecule has 1 aliphatic heterocycles. The number of thiophene rings is 1. The van der Waals surface area contributed by atoms with Gasteiger partial charge in [-0.2, -0.15) is 0 Å². The fourth-order valence-electron chi connectivity index (χ4n) is 4.16. The zero-order chi connectivity index (χ0) is 22.8. The first kappa shape index (κ1) is 21.4. The number of fused-ring (bicyclic) bond motifs is 1. The fraction of sp³-hybridized carbons (Fsp3) is 0.240. The highest BCUT2D eigenvalue weighted by molar-refractivity contribution is 7.17. The summed E-state index contributed by atoms with van der Waals surface area (Å²) in [7, 11) is 1.64. The average Bonchev–Trinajstić information content (AvgIpc) is 3.28. The third-order valence-electron chi connectivity index (χ3n) is 5.78.